The van der Waals surface area contributed by atoms with Crippen LogP contribution in [0.15, 0.2) is 12.1 Å². The van der Waals surface area contributed by atoms with Crippen LogP contribution in [0.5, 0.6) is 0 Å². The molecule has 0 aromatic carbocycles. The number of aromatic nitrogens is 2. The average molecular weight is 248 g/mol. The van der Waals surface area contributed by atoms with Crippen molar-refractivity contribution in [3.8, 4) is 0 Å². The number of nitrogens with zero attached hydrogens (tertiary/aromatic N) is 3. The maximum absolute atomic E-state index is 4.34. The van der Waals surface area contributed by atoms with Gasteiger partial charge in [-0.3, -0.25) is 0 Å². The van der Waals surface area contributed by atoms with Gasteiger partial charge in [-0.2, -0.15) is 5.10 Å². The molecule has 1 aromatic heterocycles. The molecule has 0 unspecified atom stereocenters. The molecule has 1 aromatic rings. The molecular formula is C14H24N4. The zero-order chi connectivity index (χ0) is 12.8. The zero-order valence-corrected chi connectivity index (χ0v) is 11.5. The minimum Gasteiger partial charge on any atom is -0.355 e. The van der Waals surface area contributed by atoms with Crippen LogP contribution in [-0.4, -0.2) is 29.8 Å². The lowest BCUT2D eigenvalue weighted by Crippen LogP contribution is -2.34. The average Bonchev–Trinajstić information content (AvgIpc) is 2.46. The highest BCUT2D eigenvalue weighted by atomic mass is 15.3. The van der Waals surface area contributed by atoms with Crippen molar-refractivity contribution in [3.05, 3.63) is 17.8 Å². The van der Waals surface area contributed by atoms with E-state index in [-0.39, 0.29) is 0 Å². The van der Waals surface area contributed by atoms with Crippen LogP contribution in [0.25, 0.3) is 0 Å². The molecule has 0 saturated heterocycles. The SMILES string of the molecule is CCNCc1ccc(N(C)C2CCCCC2)nn1. The Labute approximate surface area is 110 Å². The molecule has 1 saturated carbocycles. The Morgan fingerprint density at radius 3 is 2.61 bits per heavy atom. The number of hydrogen-bond donors (Lipinski definition) is 1. The van der Waals surface area contributed by atoms with Gasteiger partial charge in [0.25, 0.3) is 0 Å². The molecule has 0 radical (unpaired) electrons. The summed E-state index contributed by atoms with van der Waals surface area (Å²) in [6.07, 6.45) is 6.66. The van der Waals surface area contributed by atoms with Gasteiger partial charge >= 0.3 is 0 Å². The van der Waals surface area contributed by atoms with Gasteiger partial charge in [0.15, 0.2) is 5.82 Å². The number of rotatable bonds is 5. The molecular weight excluding hydrogens is 224 g/mol. The highest BCUT2D eigenvalue weighted by Crippen LogP contribution is 2.24. The van der Waals surface area contributed by atoms with Crippen LogP contribution in [-0.2, 0) is 6.54 Å². The summed E-state index contributed by atoms with van der Waals surface area (Å²) in [6.45, 7) is 3.86. The Morgan fingerprint density at radius 1 is 1.22 bits per heavy atom. The molecule has 4 heteroatoms. The third-order valence-electron chi connectivity index (χ3n) is 3.75. The van der Waals surface area contributed by atoms with Gasteiger partial charge < -0.3 is 10.2 Å². The molecule has 0 atom stereocenters. The summed E-state index contributed by atoms with van der Waals surface area (Å²) in [5, 5.41) is 11.9. The molecule has 0 spiro atoms. The standard InChI is InChI=1S/C14H24N4/c1-3-15-11-12-9-10-14(17-16-12)18(2)13-7-5-4-6-8-13/h9-10,13,15H,3-8,11H2,1-2H3. The van der Waals surface area contributed by atoms with E-state index in [4.69, 9.17) is 0 Å². The Bertz CT molecular complexity index is 343. The molecule has 2 rings (SSSR count). The Balaban J connectivity index is 1.95. The highest BCUT2D eigenvalue weighted by Gasteiger charge is 2.19. The molecule has 1 heterocycles. The molecule has 100 valence electrons. The van der Waals surface area contributed by atoms with E-state index in [1.807, 2.05) is 0 Å². The van der Waals surface area contributed by atoms with Crippen molar-refractivity contribution in [2.75, 3.05) is 18.5 Å². The maximum Gasteiger partial charge on any atom is 0.151 e. The Morgan fingerprint density at radius 2 is 2.00 bits per heavy atom. The molecule has 1 aliphatic carbocycles. The number of anilines is 1. The molecule has 1 fully saturated rings. The van der Waals surface area contributed by atoms with Crippen molar-refractivity contribution < 1.29 is 0 Å². The van der Waals surface area contributed by atoms with Crippen molar-refractivity contribution in [3.63, 3.8) is 0 Å². The van der Waals surface area contributed by atoms with Gasteiger partial charge in [-0.15, -0.1) is 5.10 Å². The lowest BCUT2D eigenvalue weighted by molar-refractivity contribution is 0.425. The normalized spacial score (nSPS) is 16.8. The first-order valence-electron chi connectivity index (χ1n) is 7.07. The van der Waals surface area contributed by atoms with Crippen LogP contribution in [0, 0.1) is 0 Å². The highest BCUT2D eigenvalue weighted by molar-refractivity contribution is 5.37. The van der Waals surface area contributed by atoms with E-state index in [1.165, 1.54) is 32.1 Å². The molecule has 0 bridgehead atoms. The lowest BCUT2D eigenvalue weighted by Gasteiger charge is -2.31. The van der Waals surface area contributed by atoms with Gasteiger partial charge in [-0.05, 0) is 31.5 Å². The summed E-state index contributed by atoms with van der Waals surface area (Å²) >= 11 is 0. The first-order chi connectivity index (χ1) is 8.81. The van der Waals surface area contributed by atoms with Crippen LogP contribution in [0.2, 0.25) is 0 Å². The molecule has 4 nitrogen and oxygen atoms in total. The van der Waals surface area contributed by atoms with Crippen LogP contribution in [0.1, 0.15) is 44.7 Å². The number of nitrogens with one attached hydrogen (secondary N) is 1. The molecule has 18 heavy (non-hydrogen) atoms. The quantitative estimate of drug-likeness (QED) is 0.868. The van der Waals surface area contributed by atoms with Crippen molar-refractivity contribution in [2.24, 2.45) is 0 Å². The largest absolute Gasteiger partial charge is 0.355 e. The van der Waals surface area contributed by atoms with E-state index < -0.39 is 0 Å². The van der Waals surface area contributed by atoms with Gasteiger partial charge in [0, 0.05) is 19.6 Å². The van der Waals surface area contributed by atoms with Gasteiger partial charge in [-0.25, -0.2) is 0 Å². The molecule has 1 aliphatic rings. The van der Waals surface area contributed by atoms with Gasteiger partial charge in [-0.1, -0.05) is 26.2 Å². The van der Waals surface area contributed by atoms with Crippen molar-refractivity contribution in [1.29, 1.82) is 0 Å². The van der Waals surface area contributed by atoms with E-state index in [2.05, 4.69) is 46.5 Å². The second-order valence-corrected chi connectivity index (χ2v) is 5.07. The molecule has 0 amide bonds. The predicted octanol–water partition coefficient (Wildman–Crippen LogP) is 2.36. The smallest absolute Gasteiger partial charge is 0.151 e. The van der Waals surface area contributed by atoms with E-state index >= 15 is 0 Å². The summed E-state index contributed by atoms with van der Waals surface area (Å²) in [5.74, 6) is 1.00. The third-order valence-corrected chi connectivity index (χ3v) is 3.75. The number of hydrogen-bond acceptors (Lipinski definition) is 4. The fourth-order valence-electron chi connectivity index (χ4n) is 2.54. The Kier molecular flexibility index (Phi) is 4.93. The van der Waals surface area contributed by atoms with Gasteiger partial charge in [0.05, 0.1) is 5.69 Å². The second kappa shape index (κ2) is 6.69. The van der Waals surface area contributed by atoms with Crippen molar-refractivity contribution >= 4 is 5.82 Å². The van der Waals surface area contributed by atoms with E-state index in [0.29, 0.717) is 6.04 Å². The predicted molar refractivity (Wildman–Crippen MR) is 74.7 cm³/mol. The first-order valence-corrected chi connectivity index (χ1v) is 7.07. The minimum absolute atomic E-state index is 0.646. The van der Waals surface area contributed by atoms with Crippen LogP contribution in [0.3, 0.4) is 0 Å². The van der Waals surface area contributed by atoms with Crippen molar-refractivity contribution in [2.45, 2.75) is 51.6 Å². The minimum atomic E-state index is 0.646. The molecule has 0 aliphatic heterocycles. The fraction of sp³-hybridized carbons (Fsp3) is 0.714. The molecule has 1 N–H and O–H groups in total. The summed E-state index contributed by atoms with van der Waals surface area (Å²) in [5.41, 5.74) is 1.01. The van der Waals surface area contributed by atoms with Crippen molar-refractivity contribution in [1.82, 2.24) is 15.5 Å². The summed E-state index contributed by atoms with van der Waals surface area (Å²) in [6, 6.07) is 4.81. The van der Waals surface area contributed by atoms with Gasteiger partial charge in [0.2, 0.25) is 0 Å². The van der Waals surface area contributed by atoms with E-state index in [9.17, 15) is 0 Å². The summed E-state index contributed by atoms with van der Waals surface area (Å²) in [7, 11) is 2.14. The summed E-state index contributed by atoms with van der Waals surface area (Å²) in [4.78, 5) is 2.29. The summed E-state index contributed by atoms with van der Waals surface area (Å²) < 4.78 is 0. The van der Waals surface area contributed by atoms with Crippen LogP contribution in [0.4, 0.5) is 5.82 Å². The Hall–Kier alpha value is -1.16. The zero-order valence-electron chi connectivity index (χ0n) is 11.5. The lowest BCUT2D eigenvalue weighted by atomic mass is 9.94. The maximum atomic E-state index is 4.34. The topological polar surface area (TPSA) is 41.0 Å². The first kappa shape index (κ1) is 13.3. The second-order valence-electron chi connectivity index (χ2n) is 5.07. The van der Waals surface area contributed by atoms with E-state index in [1.54, 1.807) is 0 Å². The van der Waals surface area contributed by atoms with Crippen LogP contribution >= 0.6 is 0 Å². The fourth-order valence-corrected chi connectivity index (χ4v) is 2.54. The van der Waals surface area contributed by atoms with E-state index in [0.717, 1.165) is 24.6 Å². The van der Waals surface area contributed by atoms with Gasteiger partial charge in [0.1, 0.15) is 0 Å². The van der Waals surface area contributed by atoms with Crippen LogP contribution < -0.4 is 10.2 Å². The third kappa shape index (κ3) is 3.42. The monoisotopic (exact) mass is 248 g/mol.